The summed E-state index contributed by atoms with van der Waals surface area (Å²) >= 11 is 3.28. The Kier molecular flexibility index (Phi) is 13.5. The maximum atomic E-state index is 13.2. The SMILES string of the molecule is C=C(CN(C)C)C(=O)N1CC(n2cc(-c3cc4cc(C)cc(OC)c4s3)c3c(N)ncnc32)C1.C=C(CN1CCOCC1)C(=O)N1CC[C@H](n2nc(-c3cc4cc(C)cc(OC)c4s3)c3c(N)ncnc32)C1. The number of nitrogen functional groups attached to an aromatic ring is 2. The maximum absolute atomic E-state index is 13.2. The van der Waals surface area contributed by atoms with Crippen LogP contribution in [0.15, 0.2) is 79.6 Å². The molecule has 20 heteroatoms. The number of aromatic nitrogens is 7. The molecule has 4 N–H and O–H groups in total. The predicted octanol–water partition coefficient (Wildman–Crippen LogP) is 6.98. The second-order valence-electron chi connectivity index (χ2n) is 19.0. The fourth-order valence-electron chi connectivity index (χ4n) is 9.99. The highest BCUT2D eigenvalue weighted by molar-refractivity contribution is 7.23. The summed E-state index contributed by atoms with van der Waals surface area (Å²) in [4.78, 5) is 53.5. The van der Waals surface area contributed by atoms with Crippen molar-refractivity contribution >= 4 is 88.4 Å². The van der Waals surface area contributed by atoms with Crippen molar-refractivity contribution in [3.8, 4) is 32.5 Å². The highest BCUT2D eigenvalue weighted by Gasteiger charge is 2.36. The van der Waals surface area contributed by atoms with Crippen molar-refractivity contribution in [3.05, 3.63) is 90.7 Å². The number of hydrogen-bond acceptors (Lipinski definition) is 16. The van der Waals surface area contributed by atoms with Gasteiger partial charge in [0.25, 0.3) is 11.8 Å². The molecule has 0 spiro atoms. The van der Waals surface area contributed by atoms with E-state index in [0.717, 1.165) is 99.7 Å². The third-order valence-corrected chi connectivity index (χ3v) is 15.9. The topological polar surface area (TPSA) is 201 Å². The number of likely N-dealkylation sites (N-methyl/N-ethyl adjacent to an activating group) is 1. The number of ether oxygens (including phenoxy) is 3. The first-order chi connectivity index (χ1) is 34.7. The van der Waals surface area contributed by atoms with Gasteiger partial charge in [0, 0.05) is 80.1 Å². The van der Waals surface area contributed by atoms with Crippen LogP contribution in [0.5, 0.6) is 11.5 Å². The number of rotatable bonds is 12. The highest BCUT2D eigenvalue weighted by Crippen LogP contribution is 2.45. The number of nitrogens with zero attached hydrogens (tertiary/aromatic N) is 11. The lowest BCUT2D eigenvalue weighted by Crippen LogP contribution is -2.51. The number of amides is 2. The number of likely N-dealkylation sites (tertiary alicyclic amines) is 2. The van der Waals surface area contributed by atoms with E-state index >= 15 is 0 Å². The number of aryl methyl sites for hydroxylation is 2. The van der Waals surface area contributed by atoms with Gasteiger partial charge in [-0.1, -0.05) is 25.3 Å². The second-order valence-corrected chi connectivity index (χ2v) is 21.1. The standard InChI is InChI=1S/C27H31N7O3S.C25H28N6O2S/c1-16-10-18-12-21(38-24(18)20(11-16)36-3)23-22-25(28)29-15-30-26(22)34(31-23)19-4-5-33(14-19)27(35)17(2)13-32-6-8-37-9-7-32;1-14-6-16-8-20(34-22(16)19(7-14)33-5)18-12-31(24-21(18)23(26)27-13-28-24)17-10-30(11-17)25(32)15(2)9-29(3)4/h10-12,15,19H,2,4-9,13-14H2,1,3H3,(H2,28,29,30);6-8,12-13,17H,2,9-11H2,1,3-5H3,(H2,26,27,28)/t19-;/m0./s1. The minimum absolute atomic E-state index is 0.00254. The summed E-state index contributed by atoms with van der Waals surface area (Å²) < 4.78 is 22.9. The summed E-state index contributed by atoms with van der Waals surface area (Å²) in [5, 5.41) is 8.83. The number of anilines is 2. The molecule has 11 rings (SSSR count). The smallest absolute Gasteiger partial charge is 0.250 e. The summed E-state index contributed by atoms with van der Waals surface area (Å²) in [5.74, 6) is 2.55. The van der Waals surface area contributed by atoms with Crippen LogP contribution in [-0.2, 0) is 14.3 Å². The normalized spacial score (nSPS) is 16.5. The Balaban J connectivity index is 0.000000167. The molecule has 2 amide bonds. The van der Waals surface area contributed by atoms with Gasteiger partial charge in [-0.3, -0.25) is 14.5 Å². The predicted molar refractivity (Wildman–Crippen MR) is 286 cm³/mol. The minimum atomic E-state index is -0.0214. The molecule has 6 aromatic heterocycles. The molecular weight excluding hydrogens is 951 g/mol. The van der Waals surface area contributed by atoms with Gasteiger partial charge in [-0.25, -0.2) is 24.6 Å². The van der Waals surface area contributed by atoms with E-state index in [4.69, 9.17) is 30.8 Å². The lowest BCUT2D eigenvalue weighted by atomic mass is 10.1. The van der Waals surface area contributed by atoms with E-state index in [1.54, 1.807) is 36.9 Å². The largest absolute Gasteiger partial charge is 0.495 e. The van der Waals surface area contributed by atoms with Gasteiger partial charge in [0.15, 0.2) is 5.65 Å². The first kappa shape index (κ1) is 48.6. The molecular formula is C52H59N13O5S2. The number of carbonyl (C=O) groups excluding carboxylic acids is 2. The number of morpholine rings is 1. The van der Waals surface area contributed by atoms with Crippen LogP contribution in [0.25, 0.3) is 63.3 Å². The number of methoxy groups -OCH3 is 2. The summed E-state index contributed by atoms with van der Waals surface area (Å²) in [7, 11) is 7.24. The fourth-order valence-corrected chi connectivity index (χ4v) is 12.3. The van der Waals surface area contributed by atoms with Crippen molar-refractivity contribution < 1.29 is 23.8 Å². The molecule has 0 aliphatic carbocycles. The van der Waals surface area contributed by atoms with Crippen LogP contribution in [0.1, 0.15) is 29.6 Å². The number of fused-ring (bicyclic) bond motifs is 4. The van der Waals surface area contributed by atoms with Gasteiger partial charge in [0.05, 0.1) is 64.6 Å². The van der Waals surface area contributed by atoms with Gasteiger partial charge >= 0.3 is 0 Å². The number of thiophene rings is 2. The molecule has 0 radical (unpaired) electrons. The summed E-state index contributed by atoms with van der Waals surface area (Å²) in [6.45, 7) is 18.7. The molecule has 1 atom stereocenters. The zero-order valence-corrected chi connectivity index (χ0v) is 43.1. The summed E-state index contributed by atoms with van der Waals surface area (Å²) in [5.41, 5.74) is 19.4. The molecule has 9 heterocycles. The molecule has 0 bridgehead atoms. The van der Waals surface area contributed by atoms with E-state index in [-0.39, 0.29) is 23.9 Å². The van der Waals surface area contributed by atoms with E-state index in [9.17, 15) is 9.59 Å². The molecule has 374 valence electrons. The van der Waals surface area contributed by atoms with E-state index in [2.05, 4.69) is 86.9 Å². The molecule has 2 aromatic carbocycles. The first-order valence-corrected chi connectivity index (χ1v) is 25.5. The van der Waals surface area contributed by atoms with Crippen LogP contribution < -0.4 is 20.9 Å². The summed E-state index contributed by atoms with van der Waals surface area (Å²) in [6.07, 6.45) is 5.84. The van der Waals surface area contributed by atoms with E-state index < -0.39 is 0 Å². The van der Waals surface area contributed by atoms with Gasteiger partial charge in [-0.05, 0) is 80.5 Å². The molecule has 3 fully saturated rings. The van der Waals surface area contributed by atoms with Crippen LogP contribution in [0, 0.1) is 13.8 Å². The first-order valence-electron chi connectivity index (χ1n) is 23.8. The van der Waals surface area contributed by atoms with Crippen LogP contribution in [0.4, 0.5) is 11.6 Å². The highest BCUT2D eigenvalue weighted by atomic mass is 32.1. The Hall–Kier alpha value is -6.97. The van der Waals surface area contributed by atoms with Crippen LogP contribution in [-0.4, -0.2) is 160 Å². The average Bonchev–Trinajstić information content (AvgIpc) is 4.20. The van der Waals surface area contributed by atoms with Crippen molar-refractivity contribution in [1.29, 1.82) is 0 Å². The lowest BCUT2D eigenvalue weighted by Gasteiger charge is -2.40. The molecule has 72 heavy (non-hydrogen) atoms. The number of benzene rings is 2. The van der Waals surface area contributed by atoms with E-state index in [0.29, 0.717) is 80.9 Å². The van der Waals surface area contributed by atoms with Crippen LogP contribution >= 0.6 is 22.7 Å². The molecule has 0 unspecified atom stereocenters. The number of carbonyl (C=O) groups is 2. The van der Waals surface area contributed by atoms with Gasteiger partial charge in [0.1, 0.15) is 47.1 Å². The molecule has 8 aromatic rings. The zero-order valence-electron chi connectivity index (χ0n) is 41.5. The molecule has 3 aliphatic heterocycles. The minimum Gasteiger partial charge on any atom is -0.495 e. The number of hydrogen-bond donors (Lipinski definition) is 2. The van der Waals surface area contributed by atoms with Crippen molar-refractivity contribution in [2.24, 2.45) is 0 Å². The van der Waals surface area contributed by atoms with Crippen molar-refractivity contribution in [1.82, 2.24) is 53.9 Å². The van der Waals surface area contributed by atoms with E-state index in [1.807, 2.05) is 45.6 Å². The van der Waals surface area contributed by atoms with Crippen molar-refractivity contribution in [3.63, 3.8) is 0 Å². The second kappa shape index (κ2) is 19.9. The van der Waals surface area contributed by atoms with Crippen molar-refractivity contribution in [2.45, 2.75) is 32.4 Å². The number of nitrogens with two attached hydrogens (primary N) is 2. The zero-order chi connectivity index (χ0) is 50.5. The molecule has 3 aliphatic rings. The fraction of sp³-hybridized carbons (Fsp3) is 0.365. The Morgan fingerprint density at radius 1 is 0.750 bits per heavy atom. The quantitative estimate of drug-likeness (QED) is 0.119. The third kappa shape index (κ3) is 9.24. The Morgan fingerprint density at radius 2 is 1.33 bits per heavy atom. The van der Waals surface area contributed by atoms with Gasteiger partial charge in [-0.15, -0.1) is 22.7 Å². The Morgan fingerprint density at radius 3 is 1.97 bits per heavy atom. The van der Waals surface area contributed by atoms with E-state index in [1.165, 1.54) is 12.7 Å². The van der Waals surface area contributed by atoms with Crippen LogP contribution in [0.3, 0.4) is 0 Å². The Labute approximate surface area is 425 Å². The average molecular weight is 1010 g/mol. The monoisotopic (exact) mass is 1010 g/mol. The van der Waals surface area contributed by atoms with Crippen LogP contribution in [0.2, 0.25) is 0 Å². The molecule has 0 saturated carbocycles. The van der Waals surface area contributed by atoms with Gasteiger partial charge < -0.3 is 44.9 Å². The Bertz CT molecular complexity index is 3420. The lowest BCUT2D eigenvalue weighted by molar-refractivity contribution is -0.132. The summed E-state index contributed by atoms with van der Waals surface area (Å²) in [6, 6.07) is 12.8. The molecule has 3 saturated heterocycles. The van der Waals surface area contributed by atoms with Crippen molar-refractivity contribution in [2.75, 3.05) is 105 Å². The maximum Gasteiger partial charge on any atom is 0.250 e. The third-order valence-electron chi connectivity index (χ3n) is 13.5. The molecule has 18 nitrogen and oxygen atoms in total. The van der Waals surface area contributed by atoms with Gasteiger partial charge in [0.2, 0.25) is 0 Å². The van der Waals surface area contributed by atoms with Gasteiger partial charge in [-0.2, -0.15) is 5.10 Å².